The minimum absolute atomic E-state index is 0.754. The highest BCUT2D eigenvalue weighted by molar-refractivity contribution is 8.01. The number of hydrogen-bond acceptors (Lipinski definition) is 8. The van der Waals surface area contributed by atoms with Crippen molar-refractivity contribution in [3.8, 4) is 22.0 Å². The van der Waals surface area contributed by atoms with E-state index in [0.29, 0.717) is 0 Å². The summed E-state index contributed by atoms with van der Waals surface area (Å²) in [5, 5.41) is 3.87. The van der Waals surface area contributed by atoms with Crippen LogP contribution in [0.5, 0.6) is 0 Å². The van der Waals surface area contributed by atoms with Gasteiger partial charge in [0.2, 0.25) is 0 Å². The van der Waals surface area contributed by atoms with Gasteiger partial charge in [-0.3, -0.25) is 0 Å². The third-order valence-electron chi connectivity index (χ3n) is 4.13. The topological polar surface area (TPSA) is 78.9 Å². The number of thiophene rings is 1. The molecule has 6 nitrogen and oxygen atoms in total. The number of aromatic nitrogens is 4. The van der Waals surface area contributed by atoms with Crippen LogP contribution in [-0.2, 0) is 11.8 Å². The lowest BCUT2D eigenvalue weighted by molar-refractivity contribution is 0.200. The maximum Gasteiger partial charge on any atom is 0.141 e. The van der Waals surface area contributed by atoms with E-state index in [0.717, 1.165) is 60.9 Å². The van der Waals surface area contributed by atoms with Gasteiger partial charge in [0.05, 0.1) is 28.1 Å². The molecule has 0 atom stereocenters. The van der Waals surface area contributed by atoms with Gasteiger partial charge >= 0.3 is 0 Å². The third kappa shape index (κ3) is 3.60. The molecule has 0 radical (unpaired) electrons. The maximum atomic E-state index is 6.56. The SMILES string of the molecule is COCCCSc1sc2nc(-c3nccs3)cc(-c3cncn3C)c2c1N. The molecule has 140 valence electrons. The van der Waals surface area contributed by atoms with E-state index in [4.69, 9.17) is 15.5 Å². The van der Waals surface area contributed by atoms with Gasteiger partial charge < -0.3 is 15.0 Å². The van der Waals surface area contributed by atoms with Gasteiger partial charge in [-0.2, -0.15) is 0 Å². The summed E-state index contributed by atoms with van der Waals surface area (Å²) in [5.74, 6) is 0.964. The van der Waals surface area contributed by atoms with Crippen molar-refractivity contribution in [2.75, 3.05) is 25.2 Å². The van der Waals surface area contributed by atoms with Crippen molar-refractivity contribution in [1.82, 2.24) is 19.5 Å². The Bertz CT molecular complexity index is 1050. The molecular formula is C18H19N5OS3. The summed E-state index contributed by atoms with van der Waals surface area (Å²) in [6.07, 6.45) is 6.45. The van der Waals surface area contributed by atoms with Gasteiger partial charge in [-0.05, 0) is 12.5 Å². The largest absolute Gasteiger partial charge is 0.397 e. The van der Waals surface area contributed by atoms with E-state index in [1.165, 1.54) is 0 Å². The first-order valence-corrected chi connectivity index (χ1v) is 11.1. The summed E-state index contributed by atoms with van der Waals surface area (Å²) in [5.41, 5.74) is 10.3. The lowest BCUT2D eigenvalue weighted by Gasteiger charge is -2.08. The van der Waals surface area contributed by atoms with Gasteiger partial charge in [-0.1, -0.05) is 0 Å². The van der Waals surface area contributed by atoms with Gasteiger partial charge in [0.15, 0.2) is 0 Å². The standard InChI is InChI=1S/C18H19N5OS3/c1-23-10-20-9-13(23)11-8-12(16-21-4-7-25-16)22-17-14(11)15(19)18(27-17)26-6-3-5-24-2/h4,7-10H,3,5-6,19H2,1-2H3. The monoisotopic (exact) mass is 417 g/mol. The average molecular weight is 418 g/mol. The van der Waals surface area contributed by atoms with E-state index in [2.05, 4.69) is 16.0 Å². The van der Waals surface area contributed by atoms with Crippen molar-refractivity contribution in [2.45, 2.75) is 10.6 Å². The van der Waals surface area contributed by atoms with Crippen molar-refractivity contribution in [1.29, 1.82) is 0 Å². The van der Waals surface area contributed by atoms with E-state index in [1.54, 1.807) is 54.1 Å². The van der Waals surface area contributed by atoms with Crippen LogP contribution in [0.3, 0.4) is 0 Å². The second-order valence-corrected chi connectivity index (χ2v) is 9.22. The molecule has 0 unspecified atom stereocenters. The van der Waals surface area contributed by atoms with Crippen molar-refractivity contribution < 1.29 is 4.74 Å². The summed E-state index contributed by atoms with van der Waals surface area (Å²) >= 11 is 4.99. The van der Waals surface area contributed by atoms with E-state index in [9.17, 15) is 0 Å². The number of nitrogens with zero attached hydrogens (tertiary/aromatic N) is 4. The summed E-state index contributed by atoms with van der Waals surface area (Å²) in [7, 11) is 3.71. The van der Waals surface area contributed by atoms with Crippen LogP contribution in [0.1, 0.15) is 6.42 Å². The minimum atomic E-state index is 0.754. The number of hydrogen-bond donors (Lipinski definition) is 1. The van der Waals surface area contributed by atoms with E-state index in [1.807, 2.05) is 23.2 Å². The van der Waals surface area contributed by atoms with Crippen LogP contribution in [0, 0.1) is 0 Å². The summed E-state index contributed by atoms with van der Waals surface area (Å²) in [6.45, 7) is 0.754. The highest BCUT2D eigenvalue weighted by atomic mass is 32.2. The zero-order chi connectivity index (χ0) is 18.8. The molecule has 0 spiro atoms. The second kappa shape index (κ2) is 7.97. The van der Waals surface area contributed by atoms with Crippen LogP contribution in [0.4, 0.5) is 5.69 Å². The number of imidazole rings is 1. The molecule has 9 heteroatoms. The van der Waals surface area contributed by atoms with Crippen molar-refractivity contribution >= 4 is 50.3 Å². The summed E-state index contributed by atoms with van der Waals surface area (Å²) in [6, 6.07) is 2.07. The molecule has 27 heavy (non-hydrogen) atoms. The second-order valence-electron chi connectivity index (χ2n) is 5.96. The minimum Gasteiger partial charge on any atom is -0.397 e. The lowest BCUT2D eigenvalue weighted by atomic mass is 10.1. The van der Waals surface area contributed by atoms with Crippen LogP contribution in [-0.4, -0.2) is 39.0 Å². The van der Waals surface area contributed by atoms with Gasteiger partial charge in [-0.25, -0.2) is 15.0 Å². The van der Waals surface area contributed by atoms with Crippen LogP contribution in [0.2, 0.25) is 0 Å². The first kappa shape index (κ1) is 18.4. The predicted octanol–water partition coefficient (Wildman–Crippen LogP) is 4.53. The fraction of sp³-hybridized carbons (Fsp3) is 0.278. The Morgan fingerprint density at radius 1 is 1.37 bits per heavy atom. The molecular weight excluding hydrogens is 398 g/mol. The fourth-order valence-corrected chi connectivity index (χ4v) is 5.73. The molecule has 0 amide bonds. The van der Waals surface area contributed by atoms with Crippen molar-refractivity contribution in [2.24, 2.45) is 7.05 Å². The lowest BCUT2D eigenvalue weighted by Crippen LogP contribution is -1.95. The molecule has 0 bridgehead atoms. The van der Waals surface area contributed by atoms with Crippen LogP contribution in [0.25, 0.3) is 32.2 Å². The zero-order valence-electron chi connectivity index (χ0n) is 15.0. The van der Waals surface area contributed by atoms with E-state index >= 15 is 0 Å². The highest BCUT2D eigenvalue weighted by Crippen LogP contribution is 2.45. The van der Waals surface area contributed by atoms with Crippen LogP contribution >= 0.6 is 34.4 Å². The molecule has 0 fully saturated rings. The number of thioether (sulfide) groups is 1. The number of ether oxygens (including phenoxy) is 1. The first-order chi connectivity index (χ1) is 13.2. The molecule has 0 saturated carbocycles. The smallest absolute Gasteiger partial charge is 0.141 e. The Morgan fingerprint density at radius 3 is 2.96 bits per heavy atom. The summed E-state index contributed by atoms with van der Waals surface area (Å²) < 4.78 is 8.25. The van der Waals surface area contributed by atoms with Crippen LogP contribution < -0.4 is 5.73 Å². The Labute approximate surface area is 169 Å². The van der Waals surface area contributed by atoms with Gasteiger partial charge in [-0.15, -0.1) is 34.4 Å². The molecule has 0 saturated heterocycles. The highest BCUT2D eigenvalue weighted by Gasteiger charge is 2.20. The Hall–Kier alpha value is -1.94. The maximum absolute atomic E-state index is 6.56. The van der Waals surface area contributed by atoms with E-state index < -0.39 is 0 Å². The van der Waals surface area contributed by atoms with Crippen molar-refractivity contribution in [3.63, 3.8) is 0 Å². The summed E-state index contributed by atoms with van der Waals surface area (Å²) in [4.78, 5) is 14.5. The molecule has 0 aliphatic carbocycles. The molecule has 4 aromatic heterocycles. The number of pyridine rings is 1. The van der Waals surface area contributed by atoms with Crippen LogP contribution in [0.15, 0.2) is 34.4 Å². The number of fused-ring (bicyclic) bond motifs is 1. The molecule has 0 aliphatic heterocycles. The number of aryl methyl sites for hydroxylation is 1. The molecule has 0 aromatic carbocycles. The van der Waals surface area contributed by atoms with Gasteiger partial charge in [0.1, 0.15) is 15.5 Å². The Kier molecular flexibility index (Phi) is 5.44. The Morgan fingerprint density at radius 2 is 2.26 bits per heavy atom. The van der Waals surface area contributed by atoms with Gasteiger partial charge in [0, 0.05) is 49.0 Å². The number of anilines is 1. The zero-order valence-corrected chi connectivity index (χ0v) is 17.5. The fourth-order valence-electron chi connectivity index (χ4n) is 2.85. The van der Waals surface area contributed by atoms with E-state index in [-0.39, 0.29) is 0 Å². The number of methoxy groups -OCH3 is 1. The average Bonchev–Trinajstić information content (AvgIpc) is 3.39. The molecule has 4 aromatic rings. The predicted molar refractivity (Wildman–Crippen MR) is 115 cm³/mol. The number of rotatable bonds is 7. The Balaban J connectivity index is 1.84. The van der Waals surface area contributed by atoms with Gasteiger partial charge in [0.25, 0.3) is 0 Å². The number of thiazole rings is 1. The van der Waals surface area contributed by atoms with Crippen molar-refractivity contribution in [3.05, 3.63) is 30.2 Å². The third-order valence-corrected chi connectivity index (χ3v) is 7.40. The number of nitrogens with two attached hydrogens (primary N) is 1. The normalized spacial score (nSPS) is 11.5. The molecule has 4 heterocycles. The number of nitrogen functional groups attached to an aromatic ring is 1. The quantitative estimate of drug-likeness (QED) is 0.351. The molecule has 4 rings (SSSR count). The first-order valence-electron chi connectivity index (χ1n) is 8.40. The molecule has 0 aliphatic rings. The molecule has 2 N–H and O–H groups in total.